The van der Waals surface area contributed by atoms with Gasteiger partial charge in [-0.1, -0.05) is 12.1 Å². The van der Waals surface area contributed by atoms with Gasteiger partial charge in [0.2, 0.25) is 0 Å². The highest BCUT2D eigenvalue weighted by Gasteiger charge is 2.30. The SMILES string of the molecule is CN(CC(=O)NNC(=O)c1ccccc1Nc1ccc(C(F)(F)F)cc1)C(=O)O. The van der Waals surface area contributed by atoms with Crippen LogP contribution in [0.15, 0.2) is 48.5 Å². The van der Waals surface area contributed by atoms with Crippen LogP contribution in [-0.2, 0) is 11.0 Å². The zero-order chi connectivity index (χ0) is 21.6. The lowest BCUT2D eigenvalue weighted by Gasteiger charge is -2.15. The van der Waals surface area contributed by atoms with Crippen LogP contribution in [0.5, 0.6) is 0 Å². The largest absolute Gasteiger partial charge is 0.465 e. The van der Waals surface area contributed by atoms with Crippen LogP contribution in [0, 0.1) is 0 Å². The van der Waals surface area contributed by atoms with E-state index in [1.54, 1.807) is 12.1 Å². The van der Waals surface area contributed by atoms with Crippen molar-refractivity contribution in [2.75, 3.05) is 18.9 Å². The molecular weight excluding hydrogens is 393 g/mol. The molecule has 2 aromatic carbocycles. The molecule has 0 radical (unpaired) electrons. The summed E-state index contributed by atoms with van der Waals surface area (Å²) in [5, 5.41) is 11.6. The molecule has 0 saturated carbocycles. The standard InChI is InChI=1S/C18H17F3N4O4/c1-25(17(28)29)10-15(26)23-24-16(27)13-4-2-3-5-14(13)22-12-8-6-11(7-9-12)18(19,20)21/h2-9,22H,10H2,1H3,(H,23,26)(H,24,27)(H,28,29). The fourth-order valence-corrected chi connectivity index (χ4v) is 2.20. The topological polar surface area (TPSA) is 111 Å². The Morgan fingerprint density at radius 3 is 2.21 bits per heavy atom. The summed E-state index contributed by atoms with van der Waals surface area (Å²) in [4.78, 5) is 35.4. The highest BCUT2D eigenvalue weighted by Crippen LogP contribution is 2.30. The van der Waals surface area contributed by atoms with Crippen LogP contribution in [0.2, 0.25) is 0 Å². The van der Waals surface area contributed by atoms with E-state index in [0.717, 1.165) is 17.0 Å². The first-order valence-electron chi connectivity index (χ1n) is 8.14. The monoisotopic (exact) mass is 410 g/mol. The van der Waals surface area contributed by atoms with Crippen molar-refractivity contribution in [3.8, 4) is 0 Å². The van der Waals surface area contributed by atoms with Gasteiger partial charge in [-0.2, -0.15) is 13.2 Å². The summed E-state index contributed by atoms with van der Waals surface area (Å²) in [5.41, 5.74) is 4.16. The van der Waals surface area contributed by atoms with Gasteiger partial charge in [0.25, 0.3) is 11.8 Å². The molecule has 0 spiro atoms. The number of para-hydroxylation sites is 1. The summed E-state index contributed by atoms with van der Waals surface area (Å²) >= 11 is 0. The summed E-state index contributed by atoms with van der Waals surface area (Å²) in [6.07, 6.45) is -5.76. The Bertz CT molecular complexity index is 901. The van der Waals surface area contributed by atoms with Crippen LogP contribution in [0.25, 0.3) is 0 Å². The molecule has 0 aliphatic heterocycles. The maximum atomic E-state index is 12.6. The summed E-state index contributed by atoms with van der Waals surface area (Å²) < 4.78 is 37.9. The number of anilines is 2. The third-order valence-corrected chi connectivity index (χ3v) is 3.69. The van der Waals surface area contributed by atoms with Gasteiger partial charge >= 0.3 is 12.3 Å². The zero-order valence-corrected chi connectivity index (χ0v) is 15.1. The minimum atomic E-state index is -4.46. The van der Waals surface area contributed by atoms with Crippen LogP contribution in [-0.4, -0.2) is 41.5 Å². The average molecular weight is 410 g/mol. The molecule has 4 N–H and O–H groups in total. The molecule has 0 bridgehead atoms. The van der Waals surface area contributed by atoms with E-state index in [-0.39, 0.29) is 5.56 Å². The predicted octanol–water partition coefficient (Wildman–Crippen LogP) is 2.82. The number of halogens is 3. The highest BCUT2D eigenvalue weighted by atomic mass is 19.4. The molecule has 29 heavy (non-hydrogen) atoms. The van der Waals surface area contributed by atoms with Gasteiger partial charge in [-0.05, 0) is 36.4 Å². The molecule has 3 amide bonds. The van der Waals surface area contributed by atoms with Gasteiger partial charge in [0.1, 0.15) is 6.54 Å². The second kappa shape index (κ2) is 8.95. The fourth-order valence-electron chi connectivity index (χ4n) is 2.20. The van der Waals surface area contributed by atoms with Gasteiger partial charge in [-0.15, -0.1) is 0 Å². The van der Waals surface area contributed by atoms with Crippen molar-refractivity contribution in [3.05, 3.63) is 59.7 Å². The second-order valence-electron chi connectivity index (χ2n) is 5.89. The summed E-state index contributed by atoms with van der Waals surface area (Å²) in [6, 6.07) is 10.4. The third kappa shape index (κ3) is 6.13. The molecule has 0 unspecified atom stereocenters. The average Bonchev–Trinajstić information content (AvgIpc) is 2.66. The number of amides is 3. The molecule has 0 heterocycles. The first-order chi connectivity index (χ1) is 13.6. The number of carbonyl (C=O) groups excluding carboxylic acids is 2. The Labute approximate surface area is 163 Å². The van der Waals surface area contributed by atoms with Crippen LogP contribution in [0.4, 0.5) is 29.3 Å². The Morgan fingerprint density at radius 1 is 1.00 bits per heavy atom. The second-order valence-corrected chi connectivity index (χ2v) is 5.89. The number of carbonyl (C=O) groups is 3. The van der Waals surface area contributed by atoms with Crippen molar-refractivity contribution < 1.29 is 32.7 Å². The van der Waals surface area contributed by atoms with E-state index in [2.05, 4.69) is 16.2 Å². The molecule has 2 aromatic rings. The molecule has 0 aromatic heterocycles. The van der Waals surface area contributed by atoms with Crippen LogP contribution in [0.3, 0.4) is 0 Å². The molecule has 8 nitrogen and oxygen atoms in total. The highest BCUT2D eigenvalue weighted by molar-refractivity contribution is 6.01. The number of nitrogens with zero attached hydrogens (tertiary/aromatic N) is 1. The number of likely N-dealkylation sites (N-methyl/N-ethyl adjacent to an activating group) is 1. The van der Waals surface area contributed by atoms with Crippen molar-refractivity contribution in [1.29, 1.82) is 0 Å². The summed E-state index contributed by atoms with van der Waals surface area (Å²) in [6.45, 7) is -0.485. The molecule has 0 saturated heterocycles. The Morgan fingerprint density at radius 2 is 1.62 bits per heavy atom. The Hall–Kier alpha value is -3.76. The number of hydrogen-bond donors (Lipinski definition) is 4. The van der Waals surface area contributed by atoms with Crippen molar-refractivity contribution in [2.45, 2.75) is 6.18 Å². The zero-order valence-electron chi connectivity index (χ0n) is 15.1. The van der Waals surface area contributed by atoms with Crippen LogP contribution in [0.1, 0.15) is 15.9 Å². The Kier molecular flexibility index (Phi) is 6.65. The number of hydrazine groups is 1. The van der Waals surface area contributed by atoms with E-state index in [1.807, 2.05) is 0 Å². The molecule has 11 heteroatoms. The lowest BCUT2D eigenvalue weighted by atomic mass is 10.1. The fraction of sp³-hybridized carbons (Fsp3) is 0.167. The van der Waals surface area contributed by atoms with E-state index in [1.165, 1.54) is 31.3 Å². The van der Waals surface area contributed by atoms with Gasteiger partial charge in [0.05, 0.1) is 16.8 Å². The maximum Gasteiger partial charge on any atom is 0.416 e. The van der Waals surface area contributed by atoms with Crippen molar-refractivity contribution in [1.82, 2.24) is 15.8 Å². The lowest BCUT2D eigenvalue weighted by Crippen LogP contribution is -2.46. The number of benzene rings is 2. The van der Waals surface area contributed by atoms with E-state index in [4.69, 9.17) is 5.11 Å². The van der Waals surface area contributed by atoms with Gasteiger partial charge in [0.15, 0.2) is 0 Å². The van der Waals surface area contributed by atoms with E-state index >= 15 is 0 Å². The van der Waals surface area contributed by atoms with Crippen molar-refractivity contribution in [2.24, 2.45) is 0 Å². The smallest absolute Gasteiger partial charge is 0.416 e. The number of carboxylic acid groups (broad SMARTS) is 1. The van der Waals surface area contributed by atoms with Crippen LogP contribution >= 0.6 is 0 Å². The van der Waals surface area contributed by atoms with E-state index in [9.17, 15) is 27.6 Å². The van der Waals surface area contributed by atoms with Gasteiger partial charge in [0, 0.05) is 12.7 Å². The van der Waals surface area contributed by atoms with Gasteiger partial charge in [-0.3, -0.25) is 20.4 Å². The minimum absolute atomic E-state index is 0.110. The lowest BCUT2D eigenvalue weighted by molar-refractivity contribution is -0.137. The van der Waals surface area contributed by atoms with Crippen molar-refractivity contribution in [3.63, 3.8) is 0 Å². The first-order valence-corrected chi connectivity index (χ1v) is 8.14. The number of nitrogens with one attached hydrogen (secondary N) is 3. The van der Waals surface area contributed by atoms with Gasteiger partial charge in [-0.25, -0.2) is 4.79 Å². The summed E-state index contributed by atoms with van der Waals surface area (Å²) in [5.74, 6) is -1.46. The molecule has 0 aliphatic carbocycles. The normalized spacial score (nSPS) is 10.8. The summed E-state index contributed by atoms with van der Waals surface area (Å²) in [7, 11) is 1.19. The molecule has 0 atom stereocenters. The number of rotatable bonds is 5. The quantitative estimate of drug-likeness (QED) is 0.567. The first kappa shape index (κ1) is 21.5. The van der Waals surface area contributed by atoms with Crippen molar-refractivity contribution >= 4 is 29.3 Å². The molecular formula is C18H17F3N4O4. The van der Waals surface area contributed by atoms with Gasteiger partial charge < -0.3 is 15.3 Å². The molecule has 0 aliphatic rings. The third-order valence-electron chi connectivity index (χ3n) is 3.69. The number of alkyl halides is 3. The number of hydrogen-bond acceptors (Lipinski definition) is 4. The van der Waals surface area contributed by atoms with E-state index in [0.29, 0.717) is 11.4 Å². The predicted molar refractivity (Wildman–Crippen MR) is 97.4 cm³/mol. The molecule has 154 valence electrons. The minimum Gasteiger partial charge on any atom is -0.465 e. The molecule has 2 rings (SSSR count). The van der Waals surface area contributed by atoms with Crippen LogP contribution < -0.4 is 16.2 Å². The molecule has 0 fully saturated rings. The van der Waals surface area contributed by atoms with E-state index < -0.39 is 36.2 Å². The Balaban J connectivity index is 2.05. The maximum absolute atomic E-state index is 12.6.